The summed E-state index contributed by atoms with van der Waals surface area (Å²) in [6.45, 7) is 3.27. The lowest BCUT2D eigenvalue weighted by atomic mass is 10.0. The van der Waals surface area contributed by atoms with Gasteiger partial charge in [0.1, 0.15) is 17.1 Å². The molecule has 0 atom stereocenters. The Bertz CT molecular complexity index is 1230. The van der Waals surface area contributed by atoms with Crippen LogP contribution in [-0.2, 0) is 0 Å². The van der Waals surface area contributed by atoms with Gasteiger partial charge in [-0.15, -0.1) is 0 Å². The van der Waals surface area contributed by atoms with Crippen LogP contribution in [0.25, 0.3) is 33.6 Å². The molecule has 1 fully saturated rings. The van der Waals surface area contributed by atoms with Crippen molar-refractivity contribution in [1.82, 2.24) is 15.0 Å². The smallest absolute Gasteiger partial charge is 0.172 e. The number of furan rings is 1. The van der Waals surface area contributed by atoms with E-state index in [-0.39, 0.29) is 6.04 Å². The number of hydrogen-bond acceptors (Lipinski definition) is 7. The molecule has 4 N–H and O–H groups in total. The molecule has 0 unspecified atom stereocenters. The number of aromatic nitrogens is 3. The zero-order valence-corrected chi connectivity index (χ0v) is 16.5. The molecule has 0 radical (unpaired) electrons. The second-order valence-electron chi connectivity index (χ2n) is 7.24. The highest BCUT2D eigenvalue weighted by Crippen LogP contribution is 2.37. The molecular weight excluding hydrogens is 388 g/mol. The maximum atomic E-state index is 6.52. The van der Waals surface area contributed by atoms with Gasteiger partial charge in [-0.1, -0.05) is 17.7 Å². The maximum absolute atomic E-state index is 6.52. The predicted molar refractivity (Wildman–Crippen MR) is 115 cm³/mol. The molecular formula is C21H19ClN6O. The van der Waals surface area contributed by atoms with Crippen LogP contribution in [0, 0.1) is 6.92 Å². The Balaban J connectivity index is 1.74. The number of nitrogen functional groups attached to an aromatic ring is 1. The number of pyridine rings is 1. The van der Waals surface area contributed by atoms with Crippen molar-refractivity contribution >= 4 is 34.1 Å². The maximum Gasteiger partial charge on any atom is 0.172 e. The number of benzene rings is 1. The molecule has 5 rings (SSSR count). The van der Waals surface area contributed by atoms with Gasteiger partial charge in [0, 0.05) is 36.3 Å². The fourth-order valence-electron chi connectivity index (χ4n) is 3.58. The molecule has 0 bridgehead atoms. The molecule has 7 nitrogen and oxygen atoms in total. The number of halogens is 1. The van der Waals surface area contributed by atoms with E-state index >= 15 is 0 Å². The molecule has 4 heterocycles. The lowest BCUT2D eigenvalue weighted by Crippen LogP contribution is -2.56. The van der Waals surface area contributed by atoms with Crippen LogP contribution in [0.15, 0.2) is 47.0 Å². The van der Waals surface area contributed by atoms with E-state index in [0.29, 0.717) is 46.9 Å². The standard InChI is InChI=1S/C21H19ClN6O/c1-11-4-5-16(29-11)19-18(27-21(20(24)26-19)28-9-14(23)10-28)13-7-12-3-2-6-25-17(12)15(22)8-13/h2-8,14H,9-10,23H2,1H3,(H2,24,26). The van der Waals surface area contributed by atoms with Crippen LogP contribution in [0.3, 0.4) is 0 Å². The molecule has 4 aromatic rings. The summed E-state index contributed by atoms with van der Waals surface area (Å²) in [7, 11) is 0. The van der Waals surface area contributed by atoms with Gasteiger partial charge in [-0.05, 0) is 37.3 Å². The largest absolute Gasteiger partial charge is 0.460 e. The van der Waals surface area contributed by atoms with E-state index in [2.05, 4.69) is 9.97 Å². The molecule has 1 aliphatic rings. The van der Waals surface area contributed by atoms with Crippen molar-refractivity contribution < 1.29 is 4.42 Å². The van der Waals surface area contributed by atoms with Crippen LogP contribution in [-0.4, -0.2) is 34.1 Å². The van der Waals surface area contributed by atoms with Gasteiger partial charge in [0.25, 0.3) is 0 Å². The lowest BCUT2D eigenvalue weighted by molar-refractivity contribution is 0.514. The van der Waals surface area contributed by atoms with Gasteiger partial charge in [-0.25, -0.2) is 9.97 Å². The monoisotopic (exact) mass is 406 g/mol. The minimum absolute atomic E-state index is 0.119. The molecule has 29 heavy (non-hydrogen) atoms. The second kappa shape index (κ2) is 6.72. The van der Waals surface area contributed by atoms with Crippen LogP contribution in [0.5, 0.6) is 0 Å². The minimum atomic E-state index is 0.119. The zero-order chi connectivity index (χ0) is 20.1. The summed E-state index contributed by atoms with van der Waals surface area (Å²) >= 11 is 6.52. The average Bonchev–Trinajstić information content (AvgIpc) is 3.12. The highest BCUT2D eigenvalue weighted by molar-refractivity contribution is 6.35. The predicted octanol–water partition coefficient (Wildman–Crippen LogP) is 3.64. The first-order chi connectivity index (χ1) is 14.0. The van der Waals surface area contributed by atoms with Crippen molar-refractivity contribution in [3.8, 4) is 22.7 Å². The molecule has 1 aliphatic heterocycles. The van der Waals surface area contributed by atoms with Crippen molar-refractivity contribution in [2.75, 3.05) is 23.7 Å². The van der Waals surface area contributed by atoms with Crippen LogP contribution < -0.4 is 16.4 Å². The van der Waals surface area contributed by atoms with Crippen molar-refractivity contribution in [1.29, 1.82) is 0 Å². The fourth-order valence-corrected chi connectivity index (χ4v) is 3.85. The Morgan fingerprint density at radius 2 is 1.97 bits per heavy atom. The number of rotatable bonds is 3. The minimum Gasteiger partial charge on any atom is -0.460 e. The van der Waals surface area contributed by atoms with Gasteiger partial charge in [-0.2, -0.15) is 0 Å². The Kier molecular flexibility index (Phi) is 4.15. The summed E-state index contributed by atoms with van der Waals surface area (Å²) < 4.78 is 5.83. The summed E-state index contributed by atoms with van der Waals surface area (Å²) in [5, 5.41) is 1.47. The molecule has 0 spiro atoms. The van der Waals surface area contributed by atoms with Gasteiger partial charge < -0.3 is 20.8 Å². The third kappa shape index (κ3) is 3.08. The quantitative estimate of drug-likeness (QED) is 0.534. The van der Waals surface area contributed by atoms with E-state index in [4.69, 9.17) is 32.5 Å². The van der Waals surface area contributed by atoms with Gasteiger partial charge in [0.05, 0.1) is 10.5 Å². The SMILES string of the molecule is Cc1ccc(-c2nc(N)c(N3CC(N)C3)nc2-c2cc(Cl)c3ncccc3c2)o1. The number of aryl methyl sites for hydroxylation is 1. The Hall–Kier alpha value is -3.16. The summed E-state index contributed by atoms with van der Waals surface area (Å²) in [6.07, 6.45) is 1.72. The topological polar surface area (TPSA) is 107 Å². The number of nitrogens with two attached hydrogens (primary N) is 2. The number of anilines is 2. The molecule has 3 aromatic heterocycles. The molecule has 0 aliphatic carbocycles. The van der Waals surface area contributed by atoms with E-state index in [9.17, 15) is 0 Å². The molecule has 146 valence electrons. The number of fused-ring (bicyclic) bond motifs is 1. The van der Waals surface area contributed by atoms with E-state index in [1.165, 1.54) is 0 Å². The molecule has 8 heteroatoms. The third-order valence-electron chi connectivity index (χ3n) is 5.02. The first kappa shape index (κ1) is 17.9. The third-order valence-corrected chi connectivity index (χ3v) is 5.31. The van der Waals surface area contributed by atoms with E-state index in [1.54, 1.807) is 6.20 Å². The van der Waals surface area contributed by atoms with Gasteiger partial charge in [0.2, 0.25) is 0 Å². The van der Waals surface area contributed by atoms with Crippen LogP contribution >= 0.6 is 11.6 Å². The van der Waals surface area contributed by atoms with E-state index in [0.717, 1.165) is 22.2 Å². The lowest BCUT2D eigenvalue weighted by Gasteiger charge is -2.38. The first-order valence-corrected chi connectivity index (χ1v) is 9.67. The fraction of sp³-hybridized carbons (Fsp3) is 0.190. The number of nitrogens with zero attached hydrogens (tertiary/aromatic N) is 4. The van der Waals surface area contributed by atoms with Crippen LogP contribution in [0.4, 0.5) is 11.6 Å². The molecule has 1 saturated heterocycles. The molecule has 0 amide bonds. The average molecular weight is 407 g/mol. The Labute approximate surface area is 172 Å². The van der Waals surface area contributed by atoms with Crippen LogP contribution in [0.2, 0.25) is 5.02 Å². The van der Waals surface area contributed by atoms with Crippen molar-refractivity contribution in [2.24, 2.45) is 5.73 Å². The van der Waals surface area contributed by atoms with Gasteiger partial charge in [-0.3, -0.25) is 4.98 Å². The Morgan fingerprint density at radius 1 is 1.14 bits per heavy atom. The van der Waals surface area contributed by atoms with E-state index in [1.807, 2.05) is 48.2 Å². The highest BCUT2D eigenvalue weighted by Gasteiger charge is 2.28. The van der Waals surface area contributed by atoms with E-state index < -0.39 is 0 Å². The first-order valence-electron chi connectivity index (χ1n) is 9.29. The van der Waals surface area contributed by atoms with Gasteiger partial charge >= 0.3 is 0 Å². The summed E-state index contributed by atoms with van der Waals surface area (Å²) in [5.41, 5.74) is 15.0. The summed E-state index contributed by atoms with van der Waals surface area (Å²) in [4.78, 5) is 15.9. The number of hydrogen-bond donors (Lipinski definition) is 2. The molecule has 0 saturated carbocycles. The summed E-state index contributed by atoms with van der Waals surface area (Å²) in [6, 6.07) is 11.6. The summed E-state index contributed by atoms with van der Waals surface area (Å²) in [5.74, 6) is 2.35. The normalized spacial score (nSPS) is 14.4. The van der Waals surface area contributed by atoms with Crippen molar-refractivity contribution in [3.05, 3.63) is 53.4 Å². The van der Waals surface area contributed by atoms with Crippen molar-refractivity contribution in [3.63, 3.8) is 0 Å². The van der Waals surface area contributed by atoms with Gasteiger partial charge in [0.15, 0.2) is 17.4 Å². The Morgan fingerprint density at radius 3 is 2.69 bits per heavy atom. The van der Waals surface area contributed by atoms with Crippen LogP contribution in [0.1, 0.15) is 5.76 Å². The molecule has 1 aromatic carbocycles. The van der Waals surface area contributed by atoms with Crippen molar-refractivity contribution in [2.45, 2.75) is 13.0 Å². The second-order valence-corrected chi connectivity index (χ2v) is 7.65. The zero-order valence-electron chi connectivity index (χ0n) is 15.8. The highest BCUT2D eigenvalue weighted by atomic mass is 35.5.